The van der Waals surface area contributed by atoms with Crippen LogP contribution in [-0.2, 0) is 0 Å². The van der Waals surface area contributed by atoms with E-state index in [2.05, 4.69) is 20.5 Å². The maximum absolute atomic E-state index is 12.3. The highest BCUT2D eigenvalue weighted by atomic mass is 16.3. The van der Waals surface area contributed by atoms with Crippen LogP contribution in [0, 0.1) is 0 Å². The SMILES string of the molecule is C[C@H](NC(=O)NC[C@H](c1ccco1)N1CCCCC1)c1ccncc1. The van der Waals surface area contributed by atoms with E-state index in [4.69, 9.17) is 4.42 Å². The molecule has 0 spiro atoms. The fourth-order valence-corrected chi connectivity index (χ4v) is 3.29. The lowest BCUT2D eigenvalue weighted by molar-refractivity contribution is 0.143. The maximum atomic E-state index is 12.3. The summed E-state index contributed by atoms with van der Waals surface area (Å²) in [6.45, 7) is 4.58. The third-order valence-corrected chi connectivity index (χ3v) is 4.71. The van der Waals surface area contributed by atoms with E-state index in [1.54, 1.807) is 18.7 Å². The summed E-state index contributed by atoms with van der Waals surface area (Å²) in [5, 5.41) is 5.97. The molecule has 1 aliphatic rings. The molecule has 1 fully saturated rings. The van der Waals surface area contributed by atoms with E-state index in [0.29, 0.717) is 6.54 Å². The lowest BCUT2D eigenvalue weighted by Crippen LogP contribution is -2.44. The van der Waals surface area contributed by atoms with Crippen LogP contribution in [0.1, 0.15) is 49.6 Å². The van der Waals surface area contributed by atoms with Crippen molar-refractivity contribution in [2.45, 2.75) is 38.3 Å². The van der Waals surface area contributed by atoms with Crippen LogP contribution in [-0.4, -0.2) is 35.5 Å². The Morgan fingerprint density at radius 1 is 1.24 bits per heavy atom. The molecule has 0 radical (unpaired) electrons. The topological polar surface area (TPSA) is 70.4 Å². The van der Waals surface area contributed by atoms with Gasteiger partial charge in [-0.1, -0.05) is 6.42 Å². The van der Waals surface area contributed by atoms with E-state index >= 15 is 0 Å². The smallest absolute Gasteiger partial charge is 0.315 e. The third kappa shape index (κ3) is 4.82. The highest BCUT2D eigenvalue weighted by Crippen LogP contribution is 2.24. The fraction of sp³-hybridized carbons (Fsp3) is 0.474. The minimum Gasteiger partial charge on any atom is -0.468 e. The predicted octanol–water partition coefficient (Wildman–Crippen LogP) is 3.26. The molecule has 0 bridgehead atoms. The molecule has 25 heavy (non-hydrogen) atoms. The van der Waals surface area contributed by atoms with Crippen molar-refractivity contribution in [1.29, 1.82) is 0 Å². The van der Waals surface area contributed by atoms with Gasteiger partial charge >= 0.3 is 6.03 Å². The van der Waals surface area contributed by atoms with Gasteiger partial charge < -0.3 is 15.1 Å². The summed E-state index contributed by atoms with van der Waals surface area (Å²) >= 11 is 0. The molecular weight excluding hydrogens is 316 g/mol. The monoisotopic (exact) mass is 342 g/mol. The lowest BCUT2D eigenvalue weighted by atomic mass is 10.1. The molecule has 0 saturated carbocycles. The van der Waals surface area contributed by atoms with Gasteiger partial charge in [0.1, 0.15) is 5.76 Å². The second-order valence-corrected chi connectivity index (χ2v) is 6.48. The molecule has 1 aliphatic heterocycles. The molecule has 134 valence electrons. The van der Waals surface area contributed by atoms with Crippen LogP contribution >= 0.6 is 0 Å². The number of hydrogen-bond acceptors (Lipinski definition) is 4. The number of nitrogens with one attached hydrogen (secondary N) is 2. The average Bonchev–Trinajstić information content (AvgIpc) is 3.18. The Labute approximate surface area is 148 Å². The summed E-state index contributed by atoms with van der Waals surface area (Å²) in [5.41, 5.74) is 1.03. The molecule has 0 aromatic carbocycles. The summed E-state index contributed by atoms with van der Waals surface area (Å²) in [7, 11) is 0. The normalized spacial score (nSPS) is 17.6. The zero-order chi connectivity index (χ0) is 17.5. The first-order valence-electron chi connectivity index (χ1n) is 8.96. The van der Waals surface area contributed by atoms with E-state index in [9.17, 15) is 4.79 Å². The highest BCUT2D eigenvalue weighted by Gasteiger charge is 2.25. The van der Waals surface area contributed by atoms with Gasteiger partial charge in [-0.25, -0.2) is 4.79 Å². The molecule has 2 aromatic heterocycles. The van der Waals surface area contributed by atoms with Crippen molar-refractivity contribution in [3.8, 4) is 0 Å². The van der Waals surface area contributed by atoms with Gasteiger partial charge in [0.15, 0.2) is 0 Å². The van der Waals surface area contributed by atoms with Gasteiger partial charge in [-0.2, -0.15) is 0 Å². The zero-order valence-corrected chi connectivity index (χ0v) is 14.6. The molecule has 3 rings (SSSR count). The van der Waals surface area contributed by atoms with Crippen LogP contribution in [0.4, 0.5) is 4.79 Å². The molecule has 2 aromatic rings. The highest BCUT2D eigenvalue weighted by molar-refractivity contribution is 5.74. The first-order valence-corrected chi connectivity index (χ1v) is 8.96. The van der Waals surface area contributed by atoms with E-state index in [-0.39, 0.29) is 18.1 Å². The number of piperidine rings is 1. The quantitative estimate of drug-likeness (QED) is 0.845. The molecule has 2 atom stereocenters. The zero-order valence-electron chi connectivity index (χ0n) is 14.6. The summed E-state index contributed by atoms with van der Waals surface area (Å²) in [4.78, 5) is 18.7. The Morgan fingerprint density at radius 3 is 2.68 bits per heavy atom. The van der Waals surface area contributed by atoms with Gasteiger partial charge in [-0.15, -0.1) is 0 Å². The number of pyridine rings is 1. The number of carbonyl (C=O) groups is 1. The van der Waals surface area contributed by atoms with Crippen molar-refractivity contribution in [2.75, 3.05) is 19.6 Å². The van der Waals surface area contributed by atoms with Crippen molar-refractivity contribution in [1.82, 2.24) is 20.5 Å². The summed E-state index contributed by atoms with van der Waals surface area (Å²) < 4.78 is 5.61. The van der Waals surface area contributed by atoms with E-state index in [1.807, 2.05) is 31.2 Å². The number of furan rings is 1. The van der Waals surface area contributed by atoms with Gasteiger partial charge in [0.05, 0.1) is 18.3 Å². The van der Waals surface area contributed by atoms with Gasteiger partial charge in [-0.05, 0) is 62.7 Å². The number of aromatic nitrogens is 1. The number of urea groups is 1. The Balaban J connectivity index is 1.56. The second kappa shape index (κ2) is 8.67. The van der Waals surface area contributed by atoms with Crippen LogP contribution in [0.2, 0.25) is 0 Å². The molecular formula is C19H26N4O2. The van der Waals surface area contributed by atoms with Crippen LogP contribution < -0.4 is 10.6 Å². The fourth-order valence-electron chi connectivity index (χ4n) is 3.29. The molecule has 2 N–H and O–H groups in total. The summed E-state index contributed by atoms with van der Waals surface area (Å²) in [6, 6.07) is 7.54. The van der Waals surface area contributed by atoms with Crippen molar-refractivity contribution >= 4 is 6.03 Å². The minimum atomic E-state index is -0.169. The van der Waals surface area contributed by atoms with Crippen molar-refractivity contribution in [3.05, 3.63) is 54.2 Å². The number of likely N-dealkylation sites (tertiary alicyclic amines) is 1. The molecule has 0 unspecified atom stereocenters. The Morgan fingerprint density at radius 2 is 2.00 bits per heavy atom. The van der Waals surface area contributed by atoms with Crippen LogP contribution in [0.15, 0.2) is 47.3 Å². The van der Waals surface area contributed by atoms with Crippen LogP contribution in [0.5, 0.6) is 0 Å². The van der Waals surface area contributed by atoms with Gasteiger partial charge in [0.2, 0.25) is 0 Å². The van der Waals surface area contributed by atoms with Crippen LogP contribution in [0.3, 0.4) is 0 Å². The summed E-state index contributed by atoms with van der Waals surface area (Å²) in [6.07, 6.45) is 8.82. The maximum Gasteiger partial charge on any atom is 0.315 e. The summed E-state index contributed by atoms with van der Waals surface area (Å²) in [5.74, 6) is 0.907. The second-order valence-electron chi connectivity index (χ2n) is 6.48. The first kappa shape index (κ1) is 17.5. The molecule has 6 nitrogen and oxygen atoms in total. The van der Waals surface area contributed by atoms with Crippen molar-refractivity contribution < 1.29 is 9.21 Å². The largest absolute Gasteiger partial charge is 0.468 e. The number of hydrogen-bond donors (Lipinski definition) is 2. The average molecular weight is 342 g/mol. The van der Waals surface area contributed by atoms with E-state index in [0.717, 1.165) is 24.4 Å². The van der Waals surface area contributed by atoms with Crippen molar-refractivity contribution in [3.63, 3.8) is 0 Å². The standard InChI is InChI=1S/C19H26N4O2/c1-15(16-7-9-20-10-8-16)22-19(24)21-14-17(18-6-5-13-25-18)23-11-3-2-4-12-23/h5-10,13,15,17H,2-4,11-12,14H2,1H3,(H2,21,22,24)/t15-,17+/m0/s1. The van der Waals surface area contributed by atoms with Crippen molar-refractivity contribution in [2.24, 2.45) is 0 Å². The molecule has 0 aliphatic carbocycles. The van der Waals surface area contributed by atoms with Gasteiger partial charge in [-0.3, -0.25) is 9.88 Å². The Kier molecular flexibility index (Phi) is 6.06. The Bertz CT molecular complexity index is 639. The molecule has 1 saturated heterocycles. The number of amides is 2. The Hall–Kier alpha value is -2.34. The van der Waals surface area contributed by atoms with Gasteiger partial charge in [0.25, 0.3) is 0 Å². The number of rotatable bonds is 6. The van der Waals surface area contributed by atoms with E-state index < -0.39 is 0 Å². The molecule has 6 heteroatoms. The molecule has 2 amide bonds. The lowest BCUT2D eigenvalue weighted by Gasteiger charge is -2.33. The molecule has 3 heterocycles. The van der Waals surface area contributed by atoms with E-state index in [1.165, 1.54) is 19.3 Å². The van der Waals surface area contributed by atoms with Crippen LogP contribution in [0.25, 0.3) is 0 Å². The predicted molar refractivity (Wildman–Crippen MR) is 96.1 cm³/mol. The number of carbonyl (C=O) groups excluding carboxylic acids is 1. The first-order chi connectivity index (χ1) is 12.2. The van der Waals surface area contributed by atoms with Gasteiger partial charge in [0, 0.05) is 18.9 Å². The minimum absolute atomic E-state index is 0.0694. The number of nitrogens with zero attached hydrogens (tertiary/aromatic N) is 2. The third-order valence-electron chi connectivity index (χ3n) is 4.71.